The van der Waals surface area contributed by atoms with Gasteiger partial charge in [0.2, 0.25) is 0 Å². The van der Waals surface area contributed by atoms with Crippen molar-refractivity contribution in [3.63, 3.8) is 0 Å². The van der Waals surface area contributed by atoms with Crippen LogP contribution >= 0.6 is 15.9 Å². The summed E-state index contributed by atoms with van der Waals surface area (Å²) in [6.07, 6.45) is 3.03. The van der Waals surface area contributed by atoms with Crippen molar-refractivity contribution in [3.05, 3.63) is 34.3 Å². The quantitative estimate of drug-likeness (QED) is 0.836. The van der Waals surface area contributed by atoms with Gasteiger partial charge in [-0.25, -0.2) is 0 Å². The van der Waals surface area contributed by atoms with Crippen LogP contribution in [0.2, 0.25) is 0 Å². The zero-order chi connectivity index (χ0) is 14.5. The van der Waals surface area contributed by atoms with Gasteiger partial charge < -0.3 is 10.8 Å². The summed E-state index contributed by atoms with van der Waals surface area (Å²) >= 11 is 3.67. The van der Waals surface area contributed by atoms with Gasteiger partial charge >= 0.3 is 0 Å². The molecule has 112 valence electrons. The van der Waals surface area contributed by atoms with Crippen LogP contribution in [0.1, 0.15) is 37.8 Å². The Labute approximate surface area is 130 Å². The molecule has 0 bridgehead atoms. The number of likely N-dealkylation sites (tertiary alicyclic amines) is 1. The molecule has 1 aromatic carbocycles. The summed E-state index contributed by atoms with van der Waals surface area (Å²) in [5.74, 6) is 0.606. The van der Waals surface area contributed by atoms with E-state index in [-0.39, 0.29) is 18.7 Å². The molecule has 3 unspecified atom stereocenters. The summed E-state index contributed by atoms with van der Waals surface area (Å²) < 4.78 is 1.14. The molecule has 0 aromatic heterocycles. The Hall–Kier alpha value is -0.420. The van der Waals surface area contributed by atoms with E-state index in [9.17, 15) is 0 Å². The number of rotatable bonds is 6. The summed E-state index contributed by atoms with van der Waals surface area (Å²) in [4.78, 5) is 2.49. The Morgan fingerprint density at radius 1 is 1.45 bits per heavy atom. The molecule has 0 radical (unpaired) electrons. The smallest absolute Gasteiger partial charge is 0.0510 e. The summed E-state index contributed by atoms with van der Waals surface area (Å²) in [5, 5.41) is 9.12. The van der Waals surface area contributed by atoms with E-state index in [1.165, 1.54) is 5.56 Å². The van der Waals surface area contributed by atoms with Crippen LogP contribution in [-0.2, 0) is 0 Å². The van der Waals surface area contributed by atoms with Crippen molar-refractivity contribution in [2.45, 2.75) is 38.3 Å². The second-order valence-electron chi connectivity index (χ2n) is 5.70. The van der Waals surface area contributed by atoms with E-state index in [2.05, 4.69) is 46.0 Å². The Kier molecular flexibility index (Phi) is 6.02. The first-order valence-electron chi connectivity index (χ1n) is 7.52. The topological polar surface area (TPSA) is 49.5 Å². The summed E-state index contributed by atoms with van der Waals surface area (Å²) in [7, 11) is 0. The molecular weight excluding hydrogens is 316 g/mol. The van der Waals surface area contributed by atoms with Gasteiger partial charge in [-0.05, 0) is 43.4 Å². The minimum absolute atomic E-state index is 0.140. The fourth-order valence-electron chi connectivity index (χ4n) is 3.17. The predicted octanol–water partition coefficient (Wildman–Crippen LogP) is 2.93. The molecule has 3 nitrogen and oxygen atoms in total. The van der Waals surface area contributed by atoms with Gasteiger partial charge in [-0.1, -0.05) is 41.1 Å². The van der Waals surface area contributed by atoms with E-state index in [1.807, 2.05) is 6.07 Å². The molecule has 20 heavy (non-hydrogen) atoms. The van der Waals surface area contributed by atoms with Crippen LogP contribution in [0.15, 0.2) is 28.7 Å². The third-order valence-corrected chi connectivity index (χ3v) is 5.07. The van der Waals surface area contributed by atoms with Crippen molar-refractivity contribution in [1.29, 1.82) is 0 Å². The Morgan fingerprint density at radius 3 is 2.85 bits per heavy atom. The average molecular weight is 341 g/mol. The lowest BCUT2D eigenvalue weighted by molar-refractivity contribution is 0.193. The highest BCUT2D eigenvalue weighted by Gasteiger charge is 2.32. The van der Waals surface area contributed by atoms with E-state index in [4.69, 9.17) is 10.8 Å². The van der Waals surface area contributed by atoms with E-state index in [1.54, 1.807) is 0 Å². The Balaban J connectivity index is 2.19. The molecule has 3 atom stereocenters. The van der Waals surface area contributed by atoms with E-state index >= 15 is 0 Å². The van der Waals surface area contributed by atoms with Crippen LogP contribution in [0.4, 0.5) is 0 Å². The predicted molar refractivity (Wildman–Crippen MR) is 86.5 cm³/mol. The van der Waals surface area contributed by atoms with Gasteiger partial charge in [-0.2, -0.15) is 0 Å². The molecule has 1 saturated heterocycles. The maximum Gasteiger partial charge on any atom is 0.0510 e. The molecule has 2 rings (SSSR count). The van der Waals surface area contributed by atoms with Crippen LogP contribution in [0.25, 0.3) is 0 Å². The average Bonchev–Trinajstić information content (AvgIpc) is 2.90. The first-order valence-corrected chi connectivity index (χ1v) is 8.31. The Morgan fingerprint density at radius 2 is 2.20 bits per heavy atom. The third kappa shape index (κ3) is 3.61. The second kappa shape index (κ2) is 7.55. The zero-order valence-corrected chi connectivity index (χ0v) is 13.7. The molecule has 1 fully saturated rings. The lowest BCUT2D eigenvalue weighted by Gasteiger charge is -2.33. The molecule has 0 aliphatic carbocycles. The van der Waals surface area contributed by atoms with Gasteiger partial charge in [0.05, 0.1) is 6.04 Å². The normalized spacial score (nSPS) is 22.9. The van der Waals surface area contributed by atoms with Crippen LogP contribution in [0, 0.1) is 5.92 Å². The molecule has 1 aliphatic rings. The fraction of sp³-hybridized carbons (Fsp3) is 0.625. The van der Waals surface area contributed by atoms with Gasteiger partial charge in [-0.3, -0.25) is 4.90 Å². The first-order chi connectivity index (χ1) is 9.67. The molecular formula is C16H25BrN2O. The van der Waals surface area contributed by atoms with Crippen LogP contribution in [0.5, 0.6) is 0 Å². The molecule has 0 amide bonds. The minimum atomic E-state index is 0.140. The standard InChI is InChI=1S/C16H25BrN2O/c1-2-15(18)16(13-5-3-4-6-14(13)17)19-9-7-12(11-19)8-10-20/h3-6,12,15-16,20H,2,7-11,18H2,1H3. The zero-order valence-electron chi connectivity index (χ0n) is 12.1. The van der Waals surface area contributed by atoms with E-state index in [0.717, 1.165) is 36.8 Å². The third-order valence-electron chi connectivity index (χ3n) is 4.35. The highest BCUT2D eigenvalue weighted by Crippen LogP contribution is 2.35. The minimum Gasteiger partial charge on any atom is -0.396 e. The largest absolute Gasteiger partial charge is 0.396 e. The molecule has 1 aliphatic heterocycles. The number of aliphatic hydroxyl groups is 1. The maximum absolute atomic E-state index is 9.12. The second-order valence-corrected chi connectivity index (χ2v) is 6.55. The van der Waals surface area contributed by atoms with E-state index < -0.39 is 0 Å². The number of aliphatic hydroxyl groups excluding tert-OH is 1. The molecule has 0 saturated carbocycles. The van der Waals surface area contributed by atoms with Gasteiger partial charge in [0, 0.05) is 23.7 Å². The maximum atomic E-state index is 9.12. The molecule has 0 spiro atoms. The monoisotopic (exact) mass is 340 g/mol. The lowest BCUT2D eigenvalue weighted by Crippen LogP contribution is -2.40. The van der Waals surface area contributed by atoms with Crippen molar-refractivity contribution in [2.24, 2.45) is 11.7 Å². The van der Waals surface area contributed by atoms with Crippen LogP contribution in [0.3, 0.4) is 0 Å². The van der Waals surface area contributed by atoms with Gasteiger partial charge in [0.1, 0.15) is 0 Å². The molecule has 4 heteroatoms. The Bertz CT molecular complexity index is 427. The number of hydrogen-bond donors (Lipinski definition) is 2. The van der Waals surface area contributed by atoms with Crippen molar-refractivity contribution >= 4 is 15.9 Å². The molecule has 3 N–H and O–H groups in total. The number of nitrogens with two attached hydrogens (primary N) is 1. The number of hydrogen-bond acceptors (Lipinski definition) is 3. The van der Waals surface area contributed by atoms with Crippen molar-refractivity contribution in [2.75, 3.05) is 19.7 Å². The molecule has 1 aromatic rings. The van der Waals surface area contributed by atoms with Gasteiger partial charge in [0.25, 0.3) is 0 Å². The summed E-state index contributed by atoms with van der Waals surface area (Å²) in [6.45, 7) is 4.55. The highest BCUT2D eigenvalue weighted by atomic mass is 79.9. The number of halogens is 1. The first kappa shape index (κ1) is 16.0. The molecule has 1 heterocycles. The number of nitrogens with zero attached hydrogens (tertiary/aromatic N) is 1. The van der Waals surface area contributed by atoms with Gasteiger partial charge in [-0.15, -0.1) is 0 Å². The van der Waals surface area contributed by atoms with Crippen LogP contribution < -0.4 is 5.73 Å². The highest BCUT2D eigenvalue weighted by molar-refractivity contribution is 9.10. The van der Waals surface area contributed by atoms with Crippen molar-refractivity contribution < 1.29 is 5.11 Å². The lowest BCUT2D eigenvalue weighted by atomic mass is 9.96. The van der Waals surface area contributed by atoms with Crippen molar-refractivity contribution in [1.82, 2.24) is 4.90 Å². The summed E-state index contributed by atoms with van der Waals surface area (Å²) in [5.41, 5.74) is 7.69. The summed E-state index contributed by atoms with van der Waals surface area (Å²) in [6, 6.07) is 8.79. The van der Waals surface area contributed by atoms with Crippen molar-refractivity contribution in [3.8, 4) is 0 Å². The SMILES string of the molecule is CCC(N)C(c1ccccc1Br)N1CCC(CCO)C1. The van der Waals surface area contributed by atoms with Crippen LogP contribution in [-0.4, -0.2) is 35.7 Å². The fourth-order valence-corrected chi connectivity index (χ4v) is 3.69. The van der Waals surface area contributed by atoms with E-state index in [0.29, 0.717) is 5.92 Å². The number of benzene rings is 1. The van der Waals surface area contributed by atoms with Gasteiger partial charge in [0.15, 0.2) is 0 Å².